The number of hydrogen-bond acceptors (Lipinski definition) is 4. The van der Waals surface area contributed by atoms with Crippen LogP contribution in [0.5, 0.6) is 0 Å². The van der Waals surface area contributed by atoms with Crippen molar-refractivity contribution >= 4 is 17.6 Å². The van der Waals surface area contributed by atoms with Crippen molar-refractivity contribution in [2.75, 3.05) is 19.7 Å². The largest absolute Gasteiger partial charge is 0.450 e. The molecule has 0 spiro atoms. The Morgan fingerprint density at radius 3 is 2.52 bits per heavy atom. The lowest BCUT2D eigenvalue weighted by Crippen LogP contribution is -2.47. The summed E-state index contributed by atoms with van der Waals surface area (Å²) in [5.41, 5.74) is -0.00816. The molecule has 3 heterocycles. The van der Waals surface area contributed by atoms with Crippen LogP contribution in [-0.4, -0.2) is 52.0 Å². The van der Waals surface area contributed by atoms with Gasteiger partial charge in [0, 0.05) is 25.3 Å². The van der Waals surface area contributed by atoms with Crippen molar-refractivity contribution in [3.63, 3.8) is 0 Å². The summed E-state index contributed by atoms with van der Waals surface area (Å²) in [6, 6.07) is 2.03. The van der Waals surface area contributed by atoms with Gasteiger partial charge in [-0.2, -0.15) is 13.2 Å². The number of hydrogen-bond donors (Lipinski definition) is 1. The summed E-state index contributed by atoms with van der Waals surface area (Å²) < 4.78 is 45.4. The zero-order valence-electron chi connectivity index (χ0n) is 16.3. The van der Waals surface area contributed by atoms with E-state index in [4.69, 9.17) is 4.74 Å². The van der Waals surface area contributed by atoms with Gasteiger partial charge in [0.05, 0.1) is 17.9 Å². The van der Waals surface area contributed by atoms with Gasteiger partial charge in [0.2, 0.25) is 0 Å². The van der Waals surface area contributed by atoms with E-state index in [9.17, 15) is 22.8 Å². The average molecular weight is 412 g/mol. The van der Waals surface area contributed by atoms with E-state index in [-0.39, 0.29) is 23.5 Å². The molecule has 0 radical (unpaired) electrons. The van der Waals surface area contributed by atoms with E-state index in [1.165, 1.54) is 10.5 Å². The summed E-state index contributed by atoms with van der Waals surface area (Å²) in [4.78, 5) is 30.5. The van der Waals surface area contributed by atoms with Crippen LogP contribution in [0.4, 0.5) is 18.0 Å². The molecule has 1 aliphatic heterocycles. The lowest BCUT2D eigenvalue weighted by Gasteiger charge is -2.31. The molecule has 0 saturated carbocycles. The van der Waals surface area contributed by atoms with Gasteiger partial charge in [-0.3, -0.25) is 9.20 Å². The van der Waals surface area contributed by atoms with Gasteiger partial charge in [0.1, 0.15) is 11.3 Å². The standard InChI is InChI=1S/C19H23F3N4O3/c1-3-14-16(26-11-12(19(20,21)22)5-6-15(26)24-14)17(27)23-13-7-9-25(10-8-13)18(28)29-4-2/h5-6,11,13H,3-4,7-10H2,1-2H3,(H,23,27). The first-order chi connectivity index (χ1) is 13.7. The number of alkyl halides is 3. The molecule has 1 aliphatic rings. The van der Waals surface area contributed by atoms with Crippen molar-refractivity contribution in [1.29, 1.82) is 0 Å². The number of piperidine rings is 1. The number of carbonyl (C=O) groups is 2. The summed E-state index contributed by atoms with van der Waals surface area (Å²) in [5.74, 6) is -0.469. The minimum atomic E-state index is -4.52. The Balaban J connectivity index is 1.78. The van der Waals surface area contributed by atoms with Crippen molar-refractivity contribution in [3.05, 3.63) is 35.3 Å². The first-order valence-corrected chi connectivity index (χ1v) is 9.55. The molecule has 2 amide bonds. The molecule has 1 fully saturated rings. The molecule has 7 nitrogen and oxygen atoms in total. The van der Waals surface area contributed by atoms with E-state index in [0.717, 1.165) is 12.3 Å². The van der Waals surface area contributed by atoms with Gasteiger partial charge in [-0.05, 0) is 38.3 Å². The Kier molecular flexibility index (Phi) is 5.99. The highest BCUT2D eigenvalue weighted by atomic mass is 19.4. The summed E-state index contributed by atoms with van der Waals surface area (Å²) in [7, 11) is 0. The minimum absolute atomic E-state index is 0.112. The number of aryl methyl sites for hydroxylation is 1. The second-order valence-corrected chi connectivity index (χ2v) is 6.84. The number of carbonyl (C=O) groups excluding carboxylic acids is 2. The van der Waals surface area contributed by atoms with Crippen LogP contribution in [0.1, 0.15) is 48.4 Å². The third-order valence-electron chi connectivity index (χ3n) is 4.92. The molecule has 2 aromatic rings. The highest BCUT2D eigenvalue weighted by Gasteiger charge is 2.32. The second kappa shape index (κ2) is 8.30. The molecule has 29 heavy (non-hydrogen) atoms. The fraction of sp³-hybridized carbons (Fsp3) is 0.526. The number of aromatic nitrogens is 2. The van der Waals surface area contributed by atoms with Crippen LogP contribution < -0.4 is 5.32 Å². The van der Waals surface area contributed by atoms with Crippen molar-refractivity contribution in [2.24, 2.45) is 0 Å². The second-order valence-electron chi connectivity index (χ2n) is 6.84. The van der Waals surface area contributed by atoms with Crippen LogP contribution in [0.15, 0.2) is 18.3 Å². The first-order valence-electron chi connectivity index (χ1n) is 9.55. The van der Waals surface area contributed by atoms with E-state index >= 15 is 0 Å². The van der Waals surface area contributed by atoms with E-state index in [1.54, 1.807) is 18.7 Å². The van der Waals surface area contributed by atoms with Crippen molar-refractivity contribution < 1.29 is 27.5 Å². The van der Waals surface area contributed by atoms with Gasteiger partial charge in [0.25, 0.3) is 5.91 Å². The van der Waals surface area contributed by atoms with Crippen LogP contribution in [-0.2, 0) is 17.3 Å². The third kappa shape index (κ3) is 4.46. The molecule has 1 saturated heterocycles. The molecule has 0 aromatic carbocycles. The lowest BCUT2D eigenvalue weighted by molar-refractivity contribution is -0.137. The molecule has 158 valence electrons. The van der Waals surface area contributed by atoms with Gasteiger partial charge in [-0.25, -0.2) is 9.78 Å². The Hall–Kier alpha value is -2.78. The highest BCUT2D eigenvalue weighted by molar-refractivity contribution is 5.95. The Morgan fingerprint density at radius 1 is 1.24 bits per heavy atom. The zero-order chi connectivity index (χ0) is 21.2. The predicted molar refractivity (Wildman–Crippen MR) is 98.7 cm³/mol. The third-order valence-corrected chi connectivity index (χ3v) is 4.92. The highest BCUT2D eigenvalue weighted by Crippen LogP contribution is 2.30. The van der Waals surface area contributed by atoms with Crippen LogP contribution >= 0.6 is 0 Å². The first kappa shape index (κ1) is 20.9. The van der Waals surface area contributed by atoms with E-state index in [2.05, 4.69) is 10.3 Å². The minimum Gasteiger partial charge on any atom is -0.450 e. The van der Waals surface area contributed by atoms with Crippen LogP contribution in [0.3, 0.4) is 0 Å². The van der Waals surface area contributed by atoms with E-state index in [1.807, 2.05) is 0 Å². The molecule has 3 rings (SSSR count). The quantitative estimate of drug-likeness (QED) is 0.836. The molecule has 0 aliphatic carbocycles. The van der Waals surface area contributed by atoms with E-state index in [0.29, 0.717) is 44.7 Å². The van der Waals surface area contributed by atoms with Crippen LogP contribution in [0.2, 0.25) is 0 Å². The number of ether oxygens (including phenoxy) is 1. The van der Waals surface area contributed by atoms with Gasteiger partial charge in [-0.1, -0.05) is 6.92 Å². The van der Waals surface area contributed by atoms with Gasteiger partial charge >= 0.3 is 12.3 Å². The zero-order valence-corrected chi connectivity index (χ0v) is 16.3. The smallest absolute Gasteiger partial charge is 0.417 e. The Morgan fingerprint density at radius 2 is 1.93 bits per heavy atom. The molecule has 2 aromatic heterocycles. The molecule has 0 atom stereocenters. The summed E-state index contributed by atoms with van der Waals surface area (Å²) >= 11 is 0. The fourth-order valence-corrected chi connectivity index (χ4v) is 3.42. The average Bonchev–Trinajstić information content (AvgIpc) is 3.06. The number of pyridine rings is 1. The van der Waals surface area contributed by atoms with Gasteiger partial charge in [0.15, 0.2) is 0 Å². The van der Waals surface area contributed by atoms with Crippen LogP contribution in [0.25, 0.3) is 5.65 Å². The SMILES string of the molecule is CCOC(=O)N1CCC(NC(=O)c2c(CC)nc3ccc(C(F)(F)F)cn23)CC1. The Labute approximate surface area is 165 Å². The number of likely N-dealkylation sites (tertiary alicyclic amines) is 1. The Bertz CT molecular complexity index is 902. The molecule has 10 heteroatoms. The number of fused-ring (bicyclic) bond motifs is 1. The van der Waals surface area contributed by atoms with E-state index < -0.39 is 17.6 Å². The molecule has 0 bridgehead atoms. The molecule has 1 N–H and O–H groups in total. The summed E-state index contributed by atoms with van der Waals surface area (Å²) in [5, 5.41) is 2.88. The summed E-state index contributed by atoms with van der Waals surface area (Å²) in [6.45, 7) is 4.70. The maximum atomic E-state index is 13.1. The monoisotopic (exact) mass is 412 g/mol. The number of nitrogens with zero attached hydrogens (tertiary/aromatic N) is 3. The van der Waals surface area contributed by atoms with Crippen molar-refractivity contribution in [3.8, 4) is 0 Å². The number of rotatable bonds is 4. The molecular formula is C19H23F3N4O3. The molecule has 0 unspecified atom stereocenters. The van der Waals surface area contributed by atoms with Crippen molar-refractivity contribution in [1.82, 2.24) is 19.6 Å². The van der Waals surface area contributed by atoms with Crippen LogP contribution in [0, 0.1) is 0 Å². The topological polar surface area (TPSA) is 75.9 Å². The summed E-state index contributed by atoms with van der Waals surface area (Å²) in [6.07, 6.45) is -2.51. The van der Waals surface area contributed by atoms with Gasteiger partial charge in [-0.15, -0.1) is 0 Å². The normalized spacial score (nSPS) is 15.6. The maximum absolute atomic E-state index is 13.1. The number of imidazole rings is 1. The lowest BCUT2D eigenvalue weighted by atomic mass is 10.1. The number of nitrogens with one attached hydrogen (secondary N) is 1. The predicted octanol–water partition coefficient (Wildman–Crippen LogP) is 3.27. The molecular weight excluding hydrogens is 389 g/mol. The maximum Gasteiger partial charge on any atom is 0.417 e. The number of amides is 2. The van der Waals surface area contributed by atoms with Crippen molar-refractivity contribution in [2.45, 2.75) is 45.3 Å². The van der Waals surface area contributed by atoms with Gasteiger partial charge < -0.3 is 15.0 Å². The fourth-order valence-electron chi connectivity index (χ4n) is 3.42. The number of halogens is 3.